The van der Waals surface area contributed by atoms with Gasteiger partial charge < -0.3 is 9.47 Å². The van der Waals surface area contributed by atoms with E-state index < -0.39 is 0 Å². The van der Waals surface area contributed by atoms with Crippen molar-refractivity contribution in [1.82, 2.24) is 0 Å². The van der Waals surface area contributed by atoms with Crippen LogP contribution in [0.3, 0.4) is 0 Å². The van der Waals surface area contributed by atoms with Gasteiger partial charge in [-0.15, -0.1) is 0 Å². The van der Waals surface area contributed by atoms with E-state index in [4.69, 9.17) is 9.47 Å². The number of ether oxygens (including phenoxy) is 2. The van der Waals surface area contributed by atoms with Crippen LogP contribution in [-0.2, 0) is 9.47 Å². The Morgan fingerprint density at radius 2 is 1.48 bits per heavy atom. The number of benzene rings is 4. The fourth-order valence-electron chi connectivity index (χ4n) is 6.09. The summed E-state index contributed by atoms with van der Waals surface area (Å²) in [7, 11) is 3.58. The molecule has 0 heterocycles. The van der Waals surface area contributed by atoms with E-state index >= 15 is 0 Å². The maximum Gasteiger partial charge on any atom is 0.0861 e. The minimum absolute atomic E-state index is 0.00872. The highest BCUT2D eigenvalue weighted by atomic mass is 16.5. The number of fused-ring (bicyclic) bond motifs is 1. The SMILES string of the molecule is COCC(=CC(c1cccc2cccc(C3=CC(c4ccccc4)C(OC)C=C3C)c12)C(C)C)c1ccccc1. The van der Waals surface area contributed by atoms with Crippen LogP contribution < -0.4 is 0 Å². The molecule has 0 radical (unpaired) electrons. The van der Waals surface area contributed by atoms with E-state index in [1.54, 1.807) is 7.11 Å². The predicted octanol–water partition coefficient (Wildman–Crippen LogP) is 9.45. The molecule has 0 fully saturated rings. The normalized spacial score (nSPS) is 18.5. The molecule has 5 rings (SSSR count). The van der Waals surface area contributed by atoms with Crippen molar-refractivity contribution in [3.8, 4) is 0 Å². The molecule has 0 saturated heterocycles. The molecule has 2 heteroatoms. The average Bonchev–Trinajstić information content (AvgIpc) is 2.99. The summed E-state index contributed by atoms with van der Waals surface area (Å²) >= 11 is 0. The van der Waals surface area contributed by atoms with Gasteiger partial charge in [0.15, 0.2) is 0 Å². The molecular formula is C38H40O2. The lowest BCUT2D eigenvalue weighted by Gasteiger charge is -2.29. The van der Waals surface area contributed by atoms with Gasteiger partial charge in [-0.05, 0) is 62.6 Å². The topological polar surface area (TPSA) is 18.5 Å². The third-order valence-electron chi connectivity index (χ3n) is 8.13. The summed E-state index contributed by atoms with van der Waals surface area (Å²) in [5.41, 5.74) is 8.87. The van der Waals surface area contributed by atoms with Crippen molar-refractivity contribution in [1.29, 1.82) is 0 Å². The zero-order chi connectivity index (χ0) is 28.1. The van der Waals surface area contributed by atoms with Gasteiger partial charge in [-0.2, -0.15) is 0 Å². The van der Waals surface area contributed by atoms with Crippen molar-refractivity contribution in [2.75, 3.05) is 20.8 Å². The first-order chi connectivity index (χ1) is 19.5. The number of hydrogen-bond acceptors (Lipinski definition) is 2. The quantitative estimate of drug-likeness (QED) is 0.215. The number of methoxy groups -OCH3 is 2. The standard InChI is InChI=1S/C38H40O2/c1-26(2)34(23-31(25-39-4)28-14-8-6-9-15-28)32-20-12-18-30-19-13-21-33(38(30)32)35-24-36(29-16-10-7-11-17-29)37(40-5)22-27(35)3/h6-24,26,34,36-37H,25H2,1-5H3. The average molecular weight is 529 g/mol. The monoisotopic (exact) mass is 528 g/mol. The number of allylic oxidation sites excluding steroid dienone is 3. The lowest BCUT2D eigenvalue weighted by Crippen LogP contribution is -2.21. The van der Waals surface area contributed by atoms with Crippen molar-refractivity contribution >= 4 is 21.9 Å². The highest BCUT2D eigenvalue weighted by Gasteiger charge is 2.27. The van der Waals surface area contributed by atoms with Crippen LogP contribution in [0.25, 0.3) is 21.9 Å². The van der Waals surface area contributed by atoms with Crippen molar-refractivity contribution in [2.24, 2.45) is 5.92 Å². The summed E-state index contributed by atoms with van der Waals surface area (Å²) in [6.45, 7) is 7.43. The summed E-state index contributed by atoms with van der Waals surface area (Å²) < 4.78 is 11.6. The Balaban J connectivity index is 1.70. The van der Waals surface area contributed by atoms with Gasteiger partial charge in [-0.25, -0.2) is 0 Å². The van der Waals surface area contributed by atoms with E-state index in [-0.39, 0.29) is 17.9 Å². The molecule has 1 aliphatic carbocycles. The fourth-order valence-corrected chi connectivity index (χ4v) is 6.09. The summed E-state index contributed by atoms with van der Waals surface area (Å²) in [6, 6.07) is 34.8. The van der Waals surface area contributed by atoms with Gasteiger partial charge in [0.05, 0.1) is 12.7 Å². The number of rotatable bonds is 9. The molecule has 0 N–H and O–H groups in total. The highest BCUT2D eigenvalue weighted by molar-refractivity contribution is 6.00. The van der Waals surface area contributed by atoms with Crippen LogP contribution in [0.15, 0.2) is 121 Å². The van der Waals surface area contributed by atoms with Gasteiger partial charge in [-0.1, -0.05) is 129 Å². The molecule has 4 aromatic carbocycles. The van der Waals surface area contributed by atoms with Crippen LogP contribution in [0.1, 0.15) is 54.9 Å². The minimum Gasteiger partial charge on any atom is -0.380 e. The molecule has 2 nitrogen and oxygen atoms in total. The van der Waals surface area contributed by atoms with Gasteiger partial charge in [0.2, 0.25) is 0 Å². The summed E-state index contributed by atoms with van der Waals surface area (Å²) in [5.74, 6) is 0.779. The van der Waals surface area contributed by atoms with Crippen LogP contribution in [0, 0.1) is 5.92 Å². The van der Waals surface area contributed by atoms with Gasteiger partial charge in [0, 0.05) is 26.1 Å². The van der Waals surface area contributed by atoms with E-state index in [1.165, 1.54) is 49.7 Å². The molecule has 0 amide bonds. The lowest BCUT2D eigenvalue weighted by atomic mass is 9.78. The third kappa shape index (κ3) is 5.75. The Morgan fingerprint density at radius 3 is 2.12 bits per heavy atom. The van der Waals surface area contributed by atoms with E-state index in [2.05, 4.69) is 136 Å². The predicted molar refractivity (Wildman–Crippen MR) is 170 cm³/mol. The minimum atomic E-state index is 0.00872. The Hall–Kier alpha value is -3.72. The van der Waals surface area contributed by atoms with E-state index in [1.807, 2.05) is 7.11 Å². The Labute approximate surface area is 239 Å². The Morgan fingerprint density at radius 1 is 0.800 bits per heavy atom. The molecule has 40 heavy (non-hydrogen) atoms. The lowest BCUT2D eigenvalue weighted by molar-refractivity contribution is 0.128. The Bertz CT molecular complexity index is 1520. The fraction of sp³-hybridized carbons (Fsp3) is 0.263. The molecule has 204 valence electrons. The van der Waals surface area contributed by atoms with E-state index in [0.717, 1.165) is 0 Å². The van der Waals surface area contributed by atoms with Gasteiger partial charge in [0.25, 0.3) is 0 Å². The Kier molecular flexibility index (Phi) is 8.79. The molecule has 0 spiro atoms. The maximum atomic E-state index is 5.96. The second-order valence-electron chi connectivity index (χ2n) is 11.1. The van der Waals surface area contributed by atoms with Crippen molar-refractivity contribution in [2.45, 2.75) is 38.7 Å². The molecule has 0 saturated carbocycles. The van der Waals surface area contributed by atoms with Crippen LogP contribution in [0.4, 0.5) is 0 Å². The second-order valence-corrected chi connectivity index (χ2v) is 11.1. The third-order valence-corrected chi connectivity index (χ3v) is 8.13. The molecular weight excluding hydrogens is 488 g/mol. The second kappa shape index (κ2) is 12.6. The van der Waals surface area contributed by atoms with Crippen molar-refractivity contribution in [3.05, 3.63) is 143 Å². The van der Waals surface area contributed by atoms with E-state index in [0.29, 0.717) is 12.5 Å². The molecule has 4 aromatic rings. The van der Waals surface area contributed by atoms with Gasteiger partial charge >= 0.3 is 0 Å². The molecule has 1 aliphatic rings. The first kappa shape index (κ1) is 27.8. The van der Waals surface area contributed by atoms with Crippen LogP contribution in [-0.4, -0.2) is 26.9 Å². The zero-order valence-electron chi connectivity index (χ0n) is 24.3. The van der Waals surface area contributed by atoms with Crippen LogP contribution >= 0.6 is 0 Å². The maximum absolute atomic E-state index is 5.96. The first-order valence-electron chi connectivity index (χ1n) is 14.3. The molecule has 3 atom stereocenters. The molecule has 3 unspecified atom stereocenters. The molecule has 0 aliphatic heterocycles. The zero-order valence-corrected chi connectivity index (χ0v) is 24.3. The van der Waals surface area contributed by atoms with E-state index in [9.17, 15) is 0 Å². The molecule has 0 bridgehead atoms. The van der Waals surface area contributed by atoms with Crippen molar-refractivity contribution < 1.29 is 9.47 Å². The highest BCUT2D eigenvalue weighted by Crippen LogP contribution is 2.42. The molecule has 0 aromatic heterocycles. The van der Waals surface area contributed by atoms with Crippen LogP contribution in [0.5, 0.6) is 0 Å². The first-order valence-corrected chi connectivity index (χ1v) is 14.3. The van der Waals surface area contributed by atoms with Crippen LogP contribution in [0.2, 0.25) is 0 Å². The summed E-state index contributed by atoms with van der Waals surface area (Å²) in [4.78, 5) is 0. The van der Waals surface area contributed by atoms with Gasteiger partial charge in [-0.3, -0.25) is 0 Å². The smallest absolute Gasteiger partial charge is 0.0861 e. The largest absolute Gasteiger partial charge is 0.380 e. The summed E-state index contributed by atoms with van der Waals surface area (Å²) in [5, 5.41) is 2.59. The summed E-state index contributed by atoms with van der Waals surface area (Å²) in [6.07, 6.45) is 7.15. The number of hydrogen-bond donors (Lipinski definition) is 0. The van der Waals surface area contributed by atoms with Gasteiger partial charge in [0.1, 0.15) is 0 Å². The van der Waals surface area contributed by atoms with Crippen molar-refractivity contribution in [3.63, 3.8) is 0 Å².